The van der Waals surface area contributed by atoms with Crippen molar-refractivity contribution in [1.29, 1.82) is 0 Å². The van der Waals surface area contributed by atoms with Crippen LogP contribution in [-0.2, 0) is 35.0 Å². The monoisotopic (exact) mass is 727 g/mol. The van der Waals surface area contributed by atoms with E-state index < -0.39 is 67.0 Å². The van der Waals surface area contributed by atoms with Crippen LogP contribution in [0.2, 0.25) is 25.7 Å². The van der Waals surface area contributed by atoms with Crippen molar-refractivity contribution in [3.8, 4) is 0 Å². The van der Waals surface area contributed by atoms with Gasteiger partial charge in [0.15, 0.2) is 12.4 Å². The van der Waals surface area contributed by atoms with Crippen LogP contribution in [0.5, 0.6) is 0 Å². The molecule has 1 N–H and O–H groups in total. The zero-order valence-corrected chi connectivity index (χ0v) is 30.7. The van der Waals surface area contributed by atoms with Crippen LogP contribution in [0.4, 0.5) is 5.69 Å². The number of rotatable bonds is 17. The second kappa shape index (κ2) is 18.0. The fourth-order valence-electron chi connectivity index (χ4n) is 5.60. The van der Waals surface area contributed by atoms with Crippen molar-refractivity contribution in [2.75, 3.05) is 26.3 Å². The van der Waals surface area contributed by atoms with Crippen molar-refractivity contribution < 1.29 is 48.0 Å². The van der Waals surface area contributed by atoms with Gasteiger partial charge in [-0.05, 0) is 49.6 Å². The van der Waals surface area contributed by atoms with Gasteiger partial charge in [-0.3, -0.25) is 10.1 Å². The van der Waals surface area contributed by atoms with E-state index in [-0.39, 0.29) is 24.7 Å². The average molecular weight is 728 g/mol. The van der Waals surface area contributed by atoms with E-state index in [9.17, 15) is 24.8 Å². The Balaban J connectivity index is 1.69. The van der Waals surface area contributed by atoms with E-state index in [4.69, 9.17) is 28.4 Å². The molecule has 1 aliphatic rings. The maximum absolute atomic E-state index is 13.7. The van der Waals surface area contributed by atoms with Crippen LogP contribution in [0.3, 0.4) is 0 Å². The molecule has 1 aliphatic heterocycles. The highest BCUT2D eigenvalue weighted by atomic mass is 32.2. The van der Waals surface area contributed by atoms with Gasteiger partial charge in [-0.1, -0.05) is 68.2 Å². The fourth-order valence-corrected chi connectivity index (χ4v) is 7.50. The largest absolute Gasteiger partial charge is 0.459 e. The number of aliphatic hydroxyl groups excluding tert-OH is 1. The third-order valence-corrected chi connectivity index (χ3v) is 11.7. The predicted molar refractivity (Wildman–Crippen MR) is 191 cm³/mol. The van der Waals surface area contributed by atoms with E-state index in [0.29, 0.717) is 17.7 Å². The van der Waals surface area contributed by atoms with Gasteiger partial charge >= 0.3 is 11.9 Å². The number of aliphatic hydroxyl groups is 1. The zero-order valence-electron chi connectivity index (χ0n) is 28.9. The van der Waals surface area contributed by atoms with Gasteiger partial charge in [0.25, 0.3) is 5.69 Å². The van der Waals surface area contributed by atoms with Crippen molar-refractivity contribution >= 4 is 37.5 Å². The fraction of sp³-hybridized carbons (Fsp3) is 0.444. The summed E-state index contributed by atoms with van der Waals surface area (Å²) in [4.78, 5) is 37.8. The normalized spacial score (nSPS) is 22.8. The van der Waals surface area contributed by atoms with E-state index in [1.165, 1.54) is 17.8 Å². The molecule has 0 saturated carbocycles. The number of nitro groups is 1. The second-order valence-corrected chi connectivity index (χ2v) is 19.8. The molecule has 270 valence electrons. The molecule has 6 atom stereocenters. The molecular weight excluding hydrogens is 683 g/mol. The minimum Gasteiger partial charge on any atom is -0.459 e. The number of esters is 2. The molecule has 1 fully saturated rings. The molecule has 3 aromatic rings. The lowest BCUT2D eigenvalue weighted by Crippen LogP contribution is -2.70. The lowest BCUT2D eigenvalue weighted by molar-refractivity contribution is -0.386. The van der Waals surface area contributed by atoms with Crippen LogP contribution in [0.25, 0.3) is 0 Å². The van der Waals surface area contributed by atoms with Gasteiger partial charge in [-0.25, -0.2) is 9.59 Å². The summed E-state index contributed by atoms with van der Waals surface area (Å²) >= 11 is 1.17. The topological polar surface area (TPSA) is 153 Å². The van der Waals surface area contributed by atoms with Crippen molar-refractivity contribution in [3.63, 3.8) is 0 Å². The lowest BCUT2D eigenvalue weighted by atomic mass is 9.83. The molecule has 0 bridgehead atoms. The summed E-state index contributed by atoms with van der Waals surface area (Å²) in [5, 5.41) is 23.6. The first-order valence-corrected chi connectivity index (χ1v) is 21.2. The third-order valence-electron chi connectivity index (χ3n) is 8.42. The van der Waals surface area contributed by atoms with E-state index in [1.54, 1.807) is 92.0 Å². The summed E-state index contributed by atoms with van der Waals surface area (Å²) in [6.07, 6.45) is -4.26. The van der Waals surface area contributed by atoms with Crippen LogP contribution >= 0.6 is 11.8 Å². The van der Waals surface area contributed by atoms with Gasteiger partial charge in [0.1, 0.15) is 30.4 Å². The number of carbonyl (C=O) groups excluding carboxylic acids is 2. The Bertz CT molecular complexity index is 1560. The molecule has 0 radical (unpaired) electrons. The van der Waals surface area contributed by atoms with Gasteiger partial charge in [0.2, 0.25) is 0 Å². The highest BCUT2D eigenvalue weighted by Gasteiger charge is 2.61. The van der Waals surface area contributed by atoms with Gasteiger partial charge < -0.3 is 33.5 Å². The molecule has 14 heteroatoms. The number of thioether (sulfide) groups is 1. The summed E-state index contributed by atoms with van der Waals surface area (Å²) < 4.78 is 35.0. The second-order valence-electron chi connectivity index (χ2n) is 13.0. The van der Waals surface area contributed by atoms with E-state index in [0.717, 1.165) is 6.04 Å². The molecule has 0 spiro atoms. The number of nitro benzene ring substituents is 1. The molecule has 0 unspecified atom stereocenters. The SMILES string of the molecule is CS[C@]1([C@@H](O)COC(=O)c2ccccc2)[C@H](OC(=O)c2ccccc2)[C@@H](OCOCC[Si](C)(C)C)[C@H](OCc2ccccc2[N+](=O)[O-])O[C@@H]1C. The molecule has 1 heterocycles. The number of hydrogen-bond donors (Lipinski definition) is 1. The Kier molecular flexibility index (Phi) is 14.1. The first-order chi connectivity index (χ1) is 23.9. The number of para-hydroxylation sites is 1. The maximum Gasteiger partial charge on any atom is 0.338 e. The predicted octanol–water partition coefficient (Wildman–Crippen LogP) is 6.10. The Morgan fingerprint density at radius 2 is 1.56 bits per heavy atom. The summed E-state index contributed by atoms with van der Waals surface area (Å²) in [6.45, 7) is 7.87. The van der Waals surface area contributed by atoms with Gasteiger partial charge in [0, 0.05) is 20.7 Å². The molecule has 1 saturated heterocycles. The molecule has 4 rings (SSSR count). The maximum atomic E-state index is 13.7. The van der Waals surface area contributed by atoms with Crippen molar-refractivity contribution in [2.45, 2.75) is 74.7 Å². The Morgan fingerprint density at radius 1 is 0.960 bits per heavy atom. The molecule has 50 heavy (non-hydrogen) atoms. The van der Waals surface area contributed by atoms with Crippen LogP contribution in [0.15, 0.2) is 84.9 Å². The van der Waals surface area contributed by atoms with Gasteiger partial charge in [0.05, 0.1) is 34.3 Å². The Hall–Kier alpha value is -3.63. The lowest BCUT2D eigenvalue weighted by Gasteiger charge is -2.53. The van der Waals surface area contributed by atoms with Crippen LogP contribution < -0.4 is 0 Å². The number of ether oxygens (including phenoxy) is 6. The van der Waals surface area contributed by atoms with Crippen molar-refractivity contribution in [3.05, 3.63) is 112 Å². The standard InChI is InChI=1S/C36H45NO11SSi/c1-25-36(49-2,30(38)23-44-33(39)26-14-8-6-9-15-26)32(48-34(40)27-16-10-7-11-17-27)31(46-24-43-20-21-50(3,4)5)35(47-25)45-22-28-18-12-13-19-29(28)37(41)42/h6-19,25,30-32,35,38H,20-24H2,1-5H3/t25-,30+,31-,32-,35-,36-/m1/s1. The summed E-state index contributed by atoms with van der Waals surface area (Å²) in [6, 6.07) is 23.8. The van der Waals surface area contributed by atoms with E-state index in [2.05, 4.69) is 19.6 Å². The summed E-state index contributed by atoms with van der Waals surface area (Å²) in [5.41, 5.74) is 0.725. The first kappa shape index (κ1) is 39.2. The van der Waals surface area contributed by atoms with Gasteiger partial charge in [-0.15, -0.1) is 11.8 Å². The third kappa shape index (κ3) is 10.00. The van der Waals surface area contributed by atoms with Crippen LogP contribution in [0, 0.1) is 10.1 Å². The summed E-state index contributed by atoms with van der Waals surface area (Å²) in [5.74, 6) is -1.33. The molecule has 0 aromatic heterocycles. The minimum absolute atomic E-state index is 0.135. The molecule has 3 aromatic carbocycles. The van der Waals surface area contributed by atoms with E-state index in [1.807, 2.05) is 0 Å². The minimum atomic E-state index is -1.46. The van der Waals surface area contributed by atoms with Crippen LogP contribution in [-0.4, -0.2) is 91.8 Å². The summed E-state index contributed by atoms with van der Waals surface area (Å²) in [7, 11) is -1.43. The average Bonchev–Trinajstić information content (AvgIpc) is 3.10. The highest BCUT2D eigenvalue weighted by Crippen LogP contribution is 2.46. The van der Waals surface area contributed by atoms with Gasteiger partial charge in [-0.2, -0.15) is 0 Å². The number of hydrogen-bond acceptors (Lipinski definition) is 12. The van der Waals surface area contributed by atoms with Crippen molar-refractivity contribution in [1.82, 2.24) is 0 Å². The molecule has 0 amide bonds. The molecular formula is C36H45NO11SSi. The molecule has 0 aliphatic carbocycles. The number of benzene rings is 3. The Labute approximate surface area is 297 Å². The highest BCUT2D eigenvalue weighted by molar-refractivity contribution is 8.00. The molecule has 12 nitrogen and oxygen atoms in total. The first-order valence-electron chi connectivity index (χ1n) is 16.3. The zero-order chi connectivity index (χ0) is 36.3. The van der Waals surface area contributed by atoms with Crippen LogP contribution in [0.1, 0.15) is 33.2 Å². The number of carbonyl (C=O) groups is 2. The van der Waals surface area contributed by atoms with Crippen molar-refractivity contribution in [2.24, 2.45) is 0 Å². The smallest absolute Gasteiger partial charge is 0.338 e. The van der Waals surface area contributed by atoms with E-state index >= 15 is 0 Å². The Morgan fingerprint density at radius 3 is 2.16 bits per heavy atom. The number of nitrogens with zero attached hydrogens (tertiary/aromatic N) is 1. The quantitative estimate of drug-likeness (QED) is 0.0427.